The van der Waals surface area contributed by atoms with Gasteiger partial charge in [0.15, 0.2) is 0 Å². The molecule has 0 amide bonds. The molecule has 1 aromatic heterocycles. The van der Waals surface area contributed by atoms with E-state index >= 15 is 0 Å². The number of nitrogens with one attached hydrogen (secondary N) is 1. The van der Waals surface area contributed by atoms with Crippen molar-refractivity contribution in [2.75, 3.05) is 12.9 Å². The molecular formula is C22H22N2O5S3. The third kappa shape index (κ3) is 5.21. The lowest BCUT2D eigenvalue weighted by Gasteiger charge is -2.11. The second kappa shape index (κ2) is 9.86. The minimum atomic E-state index is -3.82. The number of nitrogens with two attached hydrogens (primary N) is 1. The van der Waals surface area contributed by atoms with Gasteiger partial charge in [-0.05, 0) is 59.7 Å². The monoisotopic (exact) mass is 490 g/mol. The number of sulfone groups is 1. The summed E-state index contributed by atoms with van der Waals surface area (Å²) in [6.07, 6.45) is 1.78. The summed E-state index contributed by atoms with van der Waals surface area (Å²) in [6, 6.07) is 13.7. The number of thiophene rings is 1. The minimum Gasteiger partial charge on any atom is -0.480 e. The topological polar surface area (TPSA) is 131 Å². The zero-order valence-corrected chi connectivity index (χ0v) is 19.9. The maximum Gasteiger partial charge on any atom is 0.329 e. The molecule has 3 aromatic rings. The summed E-state index contributed by atoms with van der Waals surface area (Å²) in [5.41, 5.74) is 8.84. The largest absolute Gasteiger partial charge is 0.480 e. The Morgan fingerprint density at radius 1 is 1.22 bits per heavy atom. The molecule has 0 aliphatic carbocycles. The van der Waals surface area contributed by atoms with Gasteiger partial charge < -0.3 is 15.6 Å². The van der Waals surface area contributed by atoms with Crippen molar-refractivity contribution in [1.29, 1.82) is 5.41 Å². The Kier molecular flexibility index (Phi) is 7.40. The molecule has 1 heterocycles. The van der Waals surface area contributed by atoms with Crippen LogP contribution in [0.2, 0.25) is 0 Å². The van der Waals surface area contributed by atoms with E-state index in [1.165, 1.54) is 29.2 Å². The highest BCUT2D eigenvalue weighted by Crippen LogP contribution is 2.37. The van der Waals surface area contributed by atoms with E-state index < -0.39 is 22.4 Å². The lowest BCUT2D eigenvalue weighted by Crippen LogP contribution is -2.08. The number of aliphatic carboxylic acids is 1. The summed E-state index contributed by atoms with van der Waals surface area (Å²) >= 11 is 2.48. The van der Waals surface area contributed by atoms with Crippen LogP contribution in [0.5, 0.6) is 0 Å². The quantitative estimate of drug-likeness (QED) is 0.233. The maximum absolute atomic E-state index is 13.4. The average molecular weight is 491 g/mol. The lowest BCUT2D eigenvalue weighted by atomic mass is 9.98. The summed E-state index contributed by atoms with van der Waals surface area (Å²) in [5.74, 6) is -1.21. The van der Waals surface area contributed by atoms with E-state index in [-0.39, 0.29) is 22.2 Å². The number of hydrogen-bond acceptors (Lipinski definition) is 7. The zero-order chi connectivity index (χ0) is 23.5. The number of nitrogen functional groups attached to an aromatic ring is 1. The molecule has 0 bridgehead atoms. The van der Waals surface area contributed by atoms with Crippen molar-refractivity contribution < 1.29 is 23.1 Å². The number of aryl methyl sites for hydroxylation is 1. The molecule has 0 aliphatic heterocycles. The summed E-state index contributed by atoms with van der Waals surface area (Å²) in [4.78, 5) is 11.4. The van der Waals surface area contributed by atoms with E-state index in [0.717, 1.165) is 22.3 Å². The molecule has 168 valence electrons. The highest BCUT2D eigenvalue weighted by atomic mass is 32.2. The average Bonchev–Trinajstić information content (AvgIpc) is 3.20. The Hall–Kier alpha value is -2.66. The van der Waals surface area contributed by atoms with E-state index in [2.05, 4.69) is 0 Å². The number of hydrogen-bond donors (Lipinski definition) is 3. The first-order valence-electron chi connectivity index (χ1n) is 9.40. The van der Waals surface area contributed by atoms with E-state index in [4.69, 9.17) is 21.0 Å². The molecule has 0 fully saturated rings. The molecule has 0 spiro atoms. The summed E-state index contributed by atoms with van der Waals surface area (Å²) in [6.45, 7) is 1.66. The van der Waals surface area contributed by atoms with Gasteiger partial charge in [-0.1, -0.05) is 24.3 Å². The molecule has 7 nitrogen and oxygen atoms in total. The van der Waals surface area contributed by atoms with Crippen LogP contribution in [0.15, 0.2) is 62.5 Å². The van der Waals surface area contributed by atoms with Gasteiger partial charge in [0.1, 0.15) is 12.4 Å². The highest BCUT2D eigenvalue weighted by molar-refractivity contribution is 8.01. The van der Waals surface area contributed by atoms with Crippen LogP contribution in [0.3, 0.4) is 0 Å². The van der Waals surface area contributed by atoms with Crippen LogP contribution >= 0.6 is 23.1 Å². The predicted octanol–water partition coefficient (Wildman–Crippen LogP) is 4.16. The van der Waals surface area contributed by atoms with Gasteiger partial charge in [0.25, 0.3) is 0 Å². The number of thioether (sulfide) groups is 1. The van der Waals surface area contributed by atoms with Crippen LogP contribution in [0.4, 0.5) is 0 Å². The smallest absolute Gasteiger partial charge is 0.329 e. The maximum atomic E-state index is 13.4. The number of carboxylic acid groups (broad SMARTS) is 1. The summed E-state index contributed by atoms with van der Waals surface area (Å²) in [7, 11) is -3.82. The Morgan fingerprint density at radius 3 is 2.62 bits per heavy atom. The highest BCUT2D eigenvalue weighted by Gasteiger charge is 2.25. The predicted molar refractivity (Wildman–Crippen MR) is 126 cm³/mol. The number of carbonyl (C=O) groups is 1. The second-order valence-electron chi connectivity index (χ2n) is 6.95. The van der Waals surface area contributed by atoms with Crippen LogP contribution < -0.4 is 5.73 Å². The molecule has 3 rings (SSSR count). The molecule has 0 saturated carbocycles. The fraction of sp³-hybridized carbons (Fsp3) is 0.182. The standard InChI is InChI=1S/C22H22N2O5S3/c1-13-6-7-14(11-29-12-20(25)26)8-17(13)15-4-3-5-16(9-15)32(27,28)19-10-18(21(23)24)31-22(19)30-2/h3-10H,11-12H2,1-2H3,(H3,23,24)(H,25,26). The van der Waals surface area contributed by atoms with Gasteiger partial charge in [0, 0.05) is 0 Å². The molecule has 0 aliphatic rings. The number of ether oxygens (including phenoxy) is 1. The van der Waals surface area contributed by atoms with E-state index in [9.17, 15) is 13.2 Å². The van der Waals surface area contributed by atoms with E-state index in [1.54, 1.807) is 24.5 Å². The van der Waals surface area contributed by atoms with Gasteiger partial charge in [0.2, 0.25) is 9.84 Å². The summed E-state index contributed by atoms with van der Waals surface area (Å²) < 4.78 is 32.5. The van der Waals surface area contributed by atoms with Gasteiger partial charge in [-0.25, -0.2) is 13.2 Å². The van der Waals surface area contributed by atoms with E-state index in [0.29, 0.717) is 9.09 Å². The van der Waals surface area contributed by atoms with Crippen LogP contribution in [0.1, 0.15) is 16.0 Å². The van der Waals surface area contributed by atoms with Crippen LogP contribution in [-0.2, 0) is 26.0 Å². The van der Waals surface area contributed by atoms with Crippen LogP contribution in [-0.4, -0.2) is 38.2 Å². The zero-order valence-electron chi connectivity index (χ0n) is 17.4. The van der Waals surface area contributed by atoms with Crippen molar-refractivity contribution in [2.45, 2.75) is 27.5 Å². The number of carboxylic acids is 1. The first-order chi connectivity index (χ1) is 15.1. The molecule has 0 radical (unpaired) electrons. The Bertz CT molecular complexity index is 1280. The SMILES string of the molecule is CSc1sc(C(=N)N)cc1S(=O)(=O)c1cccc(-c2cc(COCC(=O)O)ccc2C)c1. The fourth-order valence-electron chi connectivity index (χ4n) is 3.10. The van der Waals surface area contributed by atoms with Crippen molar-refractivity contribution in [1.82, 2.24) is 0 Å². The van der Waals surface area contributed by atoms with Crippen molar-refractivity contribution in [3.8, 4) is 11.1 Å². The van der Waals surface area contributed by atoms with Gasteiger partial charge in [0.05, 0.1) is 25.5 Å². The van der Waals surface area contributed by atoms with Gasteiger partial charge in [-0.15, -0.1) is 23.1 Å². The second-order valence-corrected chi connectivity index (χ2v) is 11.0. The molecule has 0 saturated heterocycles. The lowest BCUT2D eigenvalue weighted by molar-refractivity contribution is -0.142. The first kappa shape index (κ1) is 24.0. The Balaban J connectivity index is 2.00. The Labute approximate surface area is 194 Å². The summed E-state index contributed by atoms with van der Waals surface area (Å²) in [5, 5.41) is 16.4. The van der Waals surface area contributed by atoms with Crippen molar-refractivity contribution in [2.24, 2.45) is 5.73 Å². The third-order valence-electron chi connectivity index (χ3n) is 4.66. The van der Waals surface area contributed by atoms with Gasteiger partial charge >= 0.3 is 5.97 Å². The number of benzene rings is 2. The number of amidine groups is 1. The van der Waals surface area contributed by atoms with Crippen molar-refractivity contribution >= 4 is 44.7 Å². The van der Waals surface area contributed by atoms with Crippen LogP contribution in [0, 0.1) is 12.3 Å². The molecule has 32 heavy (non-hydrogen) atoms. The van der Waals surface area contributed by atoms with Gasteiger partial charge in [-0.3, -0.25) is 5.41 Å². The molecule has 0 unspecified atom stereocenters. The normalized spacial score (nSPS) is 11.4. The molecule has 4 N–H and O–H groups in total. The fourth-order valence-corrected chi connectivity index (χ4v) is 7.01. The molecular weight excluding hydrogens is 468 g/mol. The third-order valence-corrected chi connectivity index (χ3v) is 9.00. The Morgan fingerprint density at radius 2 is 1.97 bits per heavy atom. The first-order valence-corrected chi connectivity index (χ1v) is 12.9. The van der Waals surface area contributed by atoms with E-state index in [1.807, 2.05) is 31.2 Å². The molecule has 0 atom stereocenters. The molecule has 10 heteroatoms. The minimum absolute atomic E-state index is 0.136. The van der Waals surface area contributed by atoms with Crippen molar-refractivity contribution in [3.63, 3.8) is 0 Å². The van der Waals surface area contributed by atoms with Crippen molar-refractivity contribution in [3.05, 3.63) is 64.5 Å². The van der Waals surface area contributed by atoms with Gasteiger partial charge in [-0.2, -0.15) is 0 Å². The number of rotatable bonds is 9. The van der Waals surface area contributed by atoms with Crippen LogP contribution in [0.25, 0.3) is 11.1 Å². The molecule has 2 aromatic carbocycles.